The van der Waals surface area contributed by atoms with E-state index < -0.39 is 5.97 Å². The summed E-state index contributed by atoms with van der Waals surface area (Å²) >= 11 is 0. The number of nitrogens with one attached hydrogen (secondary N) is 1. The fourth-order valence-electron chi connectivity index (χ4n) is 2.91. The van der Waals surface area contributed by atoms with E-state index in [1.165, 1.54) is 6.07 Å². The summed E-state index contributed by atoms with van der Waals surface area (Å²) in [5.74, 6) is -0.994. The summed E-state index contributed by atoms with van der Waals surface area (Å²) in [6.45, 7) is 5.99. The Morgan fingerprint density at radius 1 is 1.38 bits per heavy atom. The predicted octanol–water partition coefficient (Wildman–Crippen LogP) is 3.49. The first-order valence-electron chi connectivity index (χ1n) is 7.37. The van der Waals surface area contributed by atoms with Crippen LogP contribution in [0.5, 0.6) is 0 Å². The van der Waals surface area contributed by atoms with Crippen LogP contribution in [-0.2, 0) is 0 Å². The minimum absolute atomic E-state index is 0.141. The second kappa shape index (κ2) is 6.16. The van der Waals surface area contributed by atoms with Crippen molar-refractivity contribution in [2.75, 3.05) is 5.32 Å². The van der Waals surface area contributed by atoms with Crippen molar-refractivity contribution in [3.8, 4) is 0 Å². The van der Waals surface area contributed by atoms with Crippen molar-refractivity contribution >= 4 is 17.7 Å². The van der Waals surface area contributed by atoms with Gasteiger partial charge >= 0.3 is 12.0 Å². The van der Waals surface area contributed by atoms with Gasteiger partial charge in [-0.2, -0.15) is 0 Å². The molecule has 0 radical (unpaired) electrons. The van der Waals surface area contributed by atoms with Crippen LogP contribution in [0.1, 0.15) is 49.0 Å². The van der Waals surface area contributed by atoms with Gasteiger partial charge in [-0.1, -0.05) is 13.0 Å². The van der Waals surface area contributed by atoms with Crippen LogP contribution in [0.25, 0.3) is 0 Å². The van der Waals surface area contributed by atoms with E-state index in [2.05, 4.69) is 19.2 Å². The maximum Gasteiger partial charge on any atom is 0.335 e. The number of carbonyl (C=O) groups is 2. The number of aryl methyl sites for hydroxylation is 1. The zero-order valence-electron chi connectivity index (χ0n) is 12.7. The van der Waals surface area contributed by atoms with Crippen molar-refractivity contribution in [3.05, 3.63) is 29.3 Å². The van der Waals surface area contributed by atoms with Gasteiger partial charge in [0.15, 0.2) is 0 Å². The number of likely N-dealkylation sites (tertiary alicyclic amines) is 1. The molecule has 0 saturated carbocycles. The molecule has 5 heteroatoms. The number of carbonyl (C=O) groups excluding carboxylic acids is 1. The van der Waals surface area contributed by atoms with Crippen molar-refractivity contribution in [2.24, 2.45) is 0 Å². The van der Waals surface area contributed by atoms with E-state index in [1.807, 2.05) is 11.8 Å². The molecule has 0 aliphatic carbocycles. The van der Waals surface area contributed by atoms with Crippen LogP contribution < -0.4 is 5.32 Å². The molecule has 114 valence electrons. The van der Waals surface area contributed by atoms with E-state index in [-0.39, 0.29) is 23.7 Å². The van der Waals surface area contributed by atoms with E-state index in [1.54, 1.807) is 12.1 Å². The molecule has 1 aromatic carbocycles. The van der Waals surface area contributed by atoms with E-state index in [0.717, 1.165) is 24.8 Å². The molecule has 2 amide bonds. The monoisotopic (exact) mass is 290 g/mol. The number of benzene rings is 1. The Bertz CT molecular complexity index is 556. The summed E-state index contributed by atoms with van der Waals surface area (Å²) in [6.07, 6.45) is 2.98. The van der Waals surface area contributed by atoms with Gasteiger partial charge in [0.2, 0.25) is 0 Å². The Morgan fingerprint density at radius 2 is 2.10 bits per heavy atom. The third-order valence-corrected chi connectivity index (χ3v) is 4.22. The third kappa shape index (κ3) is 3.17. The zero-order valence-corrected chi connectivity index (χ0v) is 12.7. The lowest BCUT2D eigenvalue weighted by molar-refractivity contribution is 0.0697. The molecule has 1 aliphatic heterocycles. The number of nitrogens with zero attached hydrogens (tertiary/aromatic N) is 1. The van der Waals surface area contributed by atoms with Crippen LogP contribution in [0.3, 0.4) is 0 Å². The normalized spacial score (nSPS) is 21.4. The highest BCUT2D eigenvalue weighted by Gasteiger charge is 2.33. The summed E-state index contributed by atoms with van der Waals surface area (Å²) in [4.78, 5) is 25.4. The van der Waals surface area contributed by atoms with Gasteiger partial charge in [0, 0.05) is 17.8 Å². The van der Waals surface area contributed by atoms with E-state index >= 15 is 0 Å². The van der Waals surface area contributed by atoms with Crippen LogP contribution in [0.2, 0.25) is 0 Å². The van der Waals surface area contributed by atoms with Gasteiger partial charge in [0.25, 0.3) is 0 Å². The fraction of sp³-hybridized carbons (Fsp3) is 0.500. The molecule has 1 aliphatic rings. The Morgan fingerprint density at radius 3 is 2.71 bits per heavy atom. The molecule has 2 unspecified atom stereocenters. The summed E-state index contributed by atoms with van der Waals surface area (Å²) in [5.41, 5.74) is 1.60. The van der Waals surface area contributed by atoms with E-state index in [4.69, 9.17) is 5.11 Å². The van der Waals surface area contributed by atoms with Crippen LogP contribution in [0, 0.1) is 6.92 Å². The van der Waals surface area contributed by atoms with Crippen LogP contribution in [-0.4, -0.2) is 34.1 Å². The number of aromatic carboxylic acids is 1. The predicted molar refractivity (Wildman–Crippen MR) is 81.8 cm³/mol. The Kier molecular flexibility index (Phi) is 4.50. The molecule has 1 aromatic rings. The number of amides is 2. The molecule has 21 heavy (non-hydrogen) atoms. The van der Waals surface area contributed by atoms with E-state index in [0.29, 0.717) is 5.69 Å². The van der Waals surface area contributed by atoms with Crippen LogP contribution >= 0.6 is 0 Å². The van der Waals surface area contributed by atoms with Crippen molar-refractivity contribution in [1.29, 1.82) is 0 Å². The highest BCUT2D eigenvalue weighted by molar-refractivity contribution is 5.94. The molecule has 0 bridgehead atoms. The first kappa shape index (κ1) is 15.4. The molecule has 2 N–H and O–H groups in total. The van der Waals surface area contributed by atoms with Gasteiger partial charge < -0.3 is 15.3 Å². The second-order valence-electron chi connectivity index (χ2n) is 5.66. The Hall–Kier alpha value is -2.04. The van der Waals surface area contributed by atoms with Gasteiger partial charge in [-0.05, 0) is 50.8 Å². The third-order valence-electron chi connectivity index (χ3n) is 4.22. The number of carboxylic acid groups (broad SMARTS) is 1. The number of hydrogen-bond donors (Lipinski definition) is 2. The van der Waals surface area contributed by atoms with Gasteiger partial charge in [0.1, 0.15) is 0 Å². The number of anilines is 1. The highest BCUT2D eigenvalue weighted by atomic mass is 16.4. The molecular formula is C16H22N2O3. The minimum Gasteiger partial charge on any atom is -0.478 e. The largest absolute Gasteiger partial charge is 0.478 e. The maximum atomic E-state index is 12.5. The molecule has 5 nitrogen and oxygen atoms in total. The first-order valence-corrected chi connectivity index (χ1v) is 7.37. The molecule has 1 saturated heterocycles. The van der Waals surface area contributed by atoms with Crippen LogP contribution in [0.4, 0.5) is 10.5 Å². The standard InChI is InChI=1S/C16H22N2O3/c1-4-13-8-6-11(3)18(13)16(21)17-14-9-12(15(19)20)7-5-10(14)2/h5,7,9,11,13H,4,6,8H2,1-3H3,(H,17,21)(H,19,20). The van der Waals surface area contributed by atoms with Gasteiger partial charge in [-0.15, -0.1) is 0 Å². The highest BCUT2D eigenvalue weighted by Crippen LogP contribution is 2.27. The molecule has 0 spiro atoms. The number of carboxylic acids is 1. The van der Waals surface area contributed by atoms with Crippen molar-refractivity contribution in [1.82, 2.24) is 4.90 Å². The van der Waals surface area contributed by atoms with Crippen LogP contribution in [0.15, 0.2) is 18.2 Å². The number of rotatable bonds is 3. The molecule has 0 aromatic heterocycles. The Labute approximate surface area is 125 Å². The van der Waals surface area contributed by atoms with Crippen molar-refractivity contribution < 1.29 is 14.7 Å². The Balaban J connectivity index is 2.19. The second-order valence-corrected chi connectivity index (χ2v) is 5.66. The average molecular weight is 290 g/mol. The average Bonchev–Trinajstić information content (AvgIpc) is 2.82. The SMILES string of the molecule is CCC1CCC(C)N1C(=O)Nc1cc(C(=O)O)ccc1C. The summed E-state index contributed by atoms with van der Waals surface area (Å²) in [5, 5.41) is 11.9. The number of urea groups is 1. The molecule has 1 fully saturated rings. The van der Waals surface area contributed by atoms with Gasteiger partial charge in [0.05, 0.1) is 5.56 Å². The quantitative estimate of drug-likeness (QED) is 0.895. The minimum atomic E-state index is -0.994. The first-order chi connectivity index (χ1) is 9.93. The lowest BCUT2D eigenvalue weighted by Crippen LogP contribution is -2.42. The molecule has 2 atom stereocenters. The fourth-order valence-corrected chi connectivity index (χ4v) is 2.91. The lowest BCUT2D eigenvalue weighted by atomic mass is 10.1. The molecule has 1 heterocycles. The van der Waals surface area contributed by atoms with E-state index in [9.17, 15) is 9.59 Å². The smallest absolute Gasteiger partial charge is 0.335 e. The van der Waals surface area contributed by atoms with Crippen molar-refractivity contribution in [3.63, 3.8) is 0 Å². The number of hydrogen-bond acceptors (Lipinski definition) is 2. The maximum absolute atomic E-state index is 12.5. The van der Waals surface area contributed by atoms with Crippen molar-refractivity contribution in [2.45, 2.75) is 52.1 Å². The lowest BCUT2D eigenvalue weighted by Gasteiger charge is -2.28. The molecule has 2 rings (SSSR count). The summed E-state index contributed by atoms with van der Waals surface area (Å²) in [6, 6.07) is 5.11. The topological polar surface area (TPSA) is 69.6 Å². The van der Waals surface area contributed by atoms with Gasteiger partial charge in [-0.3, -0.25) is 0 Å². The summed E-state index contributed by atoms with van der Waals surface area (Å²) in [7, 11) is 0. The molecular weight excluding hydrogens is 268 g/mol. The zero-order chi connectivity index (χ0) is 15.6. The summed E-state index contributed by atoms with van der Waals surface area (Å²) < 4.78 is 0. The van der Waals surface area contributed by atoms with Gasteiger partial charge in [-0.25, -0.2) is 9.59 Å².